The van der Waals surface area contributed by atoms with Gasteiger partial charge in [-0.15, -0.1) is 0 Å². The van der Waals surface area contributed by atoms with E-state index in [4.69, 9.17) is 4.74 Å². The van der Waals surface area contributed by atoms with Crippen molar-refractivity contribution in [3.63, 3.8) is 0 Å². The molecule has 8 nitrogen and oxygen atoms in total. The highest BCUT2D eigenvalue weighted by Gasteiger charge is 2.26. The molecule has 0 radical (unpaired) electrons. The van der Waals surface area contributed by atoms with Crippen molar-refractivity contribution in [2.75, 3.05) is 30.8 Å². The molecule has 1 N–H and O–H groups in total. The van der Waals surface area contributed by atoms with E-state index in [-0.39, 0.29) is 37.7 Å². The molecule has 1 atom stereocenters. The van der Waals surface area contributed by atoms with Crippen LogP contribution >= 0.6 is 0 Å². The second-order valence-electron chi connectivity index (χ2n) is 8.25. The van der Waals surface area contributed by atoms with Gasteiger partial charge in [-0.3, -0.25) is 13.9 Å². The van der Waals surface area contributed by atoms with Gasteiger partial charge in [0.2, 0.25) is 21.8 Å². The van der Waals surface area contributed by atoms with Gasteiger partial charge in [0.05, 0.1) is 19.1 Å². The molecule has 0 spiro atoms. The lowest BCUT2D eigenvalue weighted by atomic mass is 10.1. The number of carbonyl (C=O) groups is 2. The fourth-order valence-corrected chi connectivity index (χ4v) is 4.48. The summed E-state index contributed by atoms with van der Waals surface area (Å²) < 4.78 is 44.2. The summed E-state index contributed by atoms with van der Waals surface area (Å²) in [5, 5.41) is 2.82. The number of amides is 2. The van der Waals surface area contributed by atoms with Crippen LogP contribution in [0, 0.1) is 5.82 Å². The standard InChI is InChI=1S/C25H34FN3O5S/c1-5-16-27-25(31)19(2)28(18-20-8-14-23(34-3)15-9-20)24(30)7-6-17-29(35(4,32)33)22-12-10-21(26)11-13-22/h8-15,19H,5-7,16-18H2,1-4H3,(H,27,31)/t19-/m0/s1. The number of hydrogen-bond acceptors (Lipinski definition) is 5. The summed E-state index contributed by atoms with van der Waals surface area (Å²) in [4.78, 5) is 27.3. The van der Waals surface area contributed by atoms with Crippen molar-refractivity contribution in [1.29, 1.82) is 0 Å². The lowest BCUT2D eigenvalue weighted by Crippen LogP contribution is -2.47. The van der Waals surface area contributed by atoms with Crippen LogP contribution in [0.1, 0.15) is 38.7 Å². The van der Waals surface area contributed by atoms with Gasteiger partial charge in [0.15, 0.2) is 0 Å². The molecule has 192 valence electrons. The zero-order valence-electron chi connectivity index (χ0n) is 20.7. The average Bonchev–Trinajstić information content (AvgIpc) is 2.83. The molecule has 0 unspecified atom stereocenters. The molecular weight excluding hydrogens is 473 g/mol. The summed E-state index contributed by atoms with van der Waals surface area (Å²) in [5.41, 5.74) is 1.15. The summed E-state index contributed by atoms with van der Waals surface area (Å²) in [6, 6.07) is 11.7. The van der Waals surface area contributed by atoms with Gasteiger partial charge < -0.3 is 15.0 Å². The third-order valence-corrected chi connectivity index (χ3v) is 6.69. The van der Waals surface area contributed by atoms with Crippen LogP contribution in [-0.2, 0) is 26.2 Å². The Bertz CT molecular complexity index is 1080. The summed E-state index contributed by atoms with van der Waals surface area (Å²) >= 11 is 0. The van der Waals surface area contributed by atoms with Gasteiger partial charge in [-0.05, 0) is 61.7 Å². The van der Waals surface area contributed by atoms with E-state index in [1.54, 1.807) is 26.2 Å². The summed E-state index contributed by atoms with van der Waals surface area (Å²) in [6.45, 7) is 4.39. The number of anilines is 1. The van der Waals surface area contributed by atoms with E-state index in [1.165, 1.54) is 29.2 Å². The SMILES string of the molecule is CCCNC(=O)[C@H](C)N(Cc1ccc(OC)cc1)C(=O)CCCN(c1ccc(F)cc1)S(C)(=O)=O. The van der Waals surface area contributed by atoms with Gasteiger partial charge in [-0.25, -0.2) is 12.8 Å². The van der Waals surface area contributed by atoms with Crippen molar-refractivity contribution in [1.82, 2.24) is 10.2 Å². The average molecular weight is 508 g/mol. The number of methoxy groups -OCH3 is 1. The van der Waals surface area contributed by atoms with Crippen molar-refractivity contribution in [2.45, 2.75) is 45.7 Å². The van der Waals surface area contributed by atoms with Gasteiger partial charge in [-0.1, -0.05) is 19.1 Å². The van der Waals surface area contributed by atoms with Crippen molar-refractivity contribution in [2.24, 2.45) is 0 Å². The molecule has 35 heavy (non-hydrogen) atoms. The van der Waals surface area contributed by atoms with Crippen LogP contribution in [0.25, 0.3) is 0 Å². The van der Waals surface area contributed by atoms with Gasteiger partial charge in [0.25, 0.3) is 0 Å². The maximum Gasteiger partial charge on any atom is 0.242 e. The Morgan fingerprint density at radius 3 is 2.26 bits per heavy atom. The minimum Gasteiger partial charge on any atom is -0.497 e. The Morgan fingerprint density at radius 1 is 1.09 bits per heavy atom. The van der Waals surface area contributed by atoms with E-state index < -0.39 is 21.9 Å². The number of benzene rings is 2. The van der Waals surface area contributed by atoms with Crippen LogP contribution in [0.5, 0.6) is 5.75 Å². The predicted molar refractivity (Wildman–Crippen MR) is 134 cm³/mol. The number of hydrogen-bond donors (Lipinski definition) is 1. The number of ether oxygens (including phenoxy) is 1. The Morgan fingerprint density at radius 2 is 1.71 bits per heavy atom. The smallest absolute Gasteiger partial charge is 0.242 e. The molecule has 0 saturated heterocycles. The van der Waals surface area contributed by atoms with Crippen LogP contribution in [-0.4, -0.2) is 57.6 Å². The van der Waals surface area contributed by atoms with E-state index in [2.05, 4.69) is 5.32 Å². The predicted octanol–water partition coefficient (Wildman–Crippen LogP) is 3.32. The topological polar surface area (TPSA) is 96.0 Å². The van der Waals surface area contributed by atoms with E-state index in [1.807, 2.05) is 19.1 Å². The van der Waals surface area contributed by atoms with Crippen molar-refractivity contribution in [3.05, 3.63) is 59.9 Å². The van der Waals surface area contributed by atoms with Crippen molar-refractivity contribution in [3.8, 4) is 5.75 Å². The van der Waals surface area contributed by atoms with Crippen LogP contribution in [0.4, 0.5) is 10.1 Å². The lowest BCUT2D eigenvalue weighted by molar-refractivity contribution is -0.140. The zero-order valence-corrected chi connectivity index (χ0v) is 21.5. The van der Waals surface area contributed by atoms with Crippen LogP contribution in [0.2, 0.25) is 0 Å². The second-order valence-corrected chi connectivity index (χ2v) is 10.2. The molecule has 0 aromatic heterocycles. The Balaban J connectivity index is 2.14. The highest BCUT2D eigenvalue weighted by Crippen LogP contribution is 2.20. The van der Waals surface area contributed by atoms with Crippen LogP contribution < -0.4 is 14.4 Å². The summed E-state index contributed by atoms with van der Waals surface area (Å²) in [7, 11) is -2.07. The minimum atomic E-state index is -3.63. The highest BCUT2D eigenvalue weighted by atomic mass is 32.2. The molecule has 0 aliphatic heterocycles. The normalized spacial score (nSPS) is 12.0. The first-order valence-corrected chi connectivity index (χ1v) is 13.3. The first-order chi connectivity index (χ1) is 16.6. The molecule has 0 saturated carbocycles. The molecule has 0 heterocycles. The summed E-state index contributed by atoms with van der Waals surface area (Å²) in [6.07, 6.45) is 2.10. The van der Waals surface area contributed by atoms with E-state index in [0.717, 1.165) is 22.5 Å². The van der Waals surface area contributed by atoms with E-state index >= 15 is 0 Å². The molecule has 0 aliphatic carbocycles. The summed E-state index contributed by atoms with van der Waals surface area (Å²) in [5.74, 6) is -0.311. The third kappa shape index (κ3) is 8.54. The van der Waals surface area contributed by atoms with E-state index in [9.17, 15) is 22.4 Å². The maximum atomic E-state index is 13.3. The van der Waals surface area contributed by atoms with Gasteiger partial charge >= 0.3 is 0 Å². The quantitative estimate of drug-likeness (QED) is 0.449. The van der Waals surface area contributed by atoms with Gasteiger partial charge in [-0.2, -0.15) is 0 Å². The monoisotopic (exact) mass is 507 g/mol. The number of sulfonamides is 1. The maximum absolute atomic E-state index is 13.3. The number of halogens is 1. The number of nitrogens with zero attached hydrogens (tertiary/aromatic N) is 2. The molecule has 2 aromatic carbocycles. The van der Waals surface area contributed by atoms with Crippen LogP contribution in [0.3, 0.4) is 0 Å². The first kappa shape index (κ1) is 28.1. The Labute approximate surface area is 207 Å². The zero-order chi connectivity index (χ0) is 26.0. The fraction of sp³-hybridized carbons (Fsp3) is 0.440. The van der Waals surface area contributed by atoms with Crippen molar-refractivity contribution >= 4 is 27.5 Å². The number of rotatable bonds is 13. The molecule has 0 fully saturated rings. The molecule has 2 rings (SSSR count). The second kappa shape index (κ2) is 13.1. The highest BCUT2D eigenvalue weighted by molar-refractivity contribution is 7.92. The molecule has 0 aliphatic rings. The largest absolute Gasteiger partial charge is 0.497 e. The fourth-order valence-electron chi connectivity index (χ4n) is 3.52. The first-order valence-electron chi connectivity index (χ1n) is 11.5. The van der Waals surface area contributed by atoms with Gasteiger partial charge in [0.1, 0.15) is 17.6 Å². The molecule has 10 heteroatoms. The van der Waals surface area contributed by atoms with E-state index in [0.29, 0.717) is 18.0 Å². The van der Waals surface area contributed by atoms with Crippen LogP contribution in [0.15, 0.2) is 48.5 Å². The minimum absolute atomic E-state index is 0.0365. The molecule has 2 aromatic rings. The van der Waals surface area contributed by atoms with Gasteiger partial charge in [0, 0.05) is 26.1 Å². The Kier molecular flexibility index (Phi) is 10.5. The third-order valence-electron chi connectivity index (χ3n) is 5.50. The van der Waals surface area contributed by atoms with Crippen molar-refractivity contribution < 1.29 is 27.1 Å². The number of carbonyl (C=O) groups excluding carboxylic acids is 2. The molecule has 0 bridgehead atoms. The Hall–Kier alpha value is -3.14. The lowest BCUT2D eigenvalue weighted by Gasteiger charge is -2.29. The number of nitrogens with one attached hydrogen (secondary N) is 1. The molecular formula is C25H34FN3O5S. The molecule has 2 amide bonds.